The van der Waals surface area contributed by atoms with Crippen LogP contribution in [-0.2, 0) is 10.8 Å². The van der Waals surface area contributed by atoms with Crippen LogP contribution in [0, 0.1) is 11.3 Å². The van der Waals surface area contributed by atoms with Crippen molar-refractivity contribution in [2.24, 2.45) is 0 Å². The molecule has 0 aliphatic heterocycles. The Morgan fingerprint density at radius 2 is 2.06 bits per heavy atom. The van der Waals surface area contributed by atoms with E-state index in [0.29, 0.717) is 23.6 Å². The normalized spacial score (nSPS) is 14.1. The van der Waals surface area contributed by atoms with Crippen LogP contribution >= 0.6 is 11.6 Å². The molecule has 0 spiro atoms. The van der Waals surface area contributed by atoms with Crippen molar-refractivity contribution in [2.45, 2.75) is 25.0 Å². The second kappa shape index (κ2) is 6.67. The van der Waals surface area contributed by atoms with Gasteiger partial charge < -0.3 is 0 Å². The monoisotopic (exact) mass is 255 g/mol. The molecule has 4 heteroatoms. The minimum atomic E-state index is -0.918. The predicted octanol–water partition coefficient (Wildman–Crippen LogP) is 3.45. The van der Waals surface area contributed by atoms with E-state index in [0.717, 1.165) is 5.56 Å². The van der Waals surface area contributed by atoms with Gasteiger partial charge in [-0.1, -0.05) is 23.7 Å². The molecule has 0 N–H and O–H groups in total. The lowest BCUT2D eigenvalue weighted by Crippen LogP contribution is -2.06. The zero-order valence-corrected chi connectivity index (χ0v) is 10.7. The first-order valence-electron chi connectivity index (χ1n) is 5.14. The Bertz CT molecular complexity index is 396. The molecule has 0 amide bonds. The van der Waals surface area contributed by atoms with Gasteiger partial charge in [0.05, 0.1) is 11.3 Å². The fourth-order valence-corrected chi connectivity index (χ4v) is 2.72. The molecule has 0 aliphatic rings. The molecule has 0 radical (unpaired) electrons. The van der Waals surface area contributed by atoms with E-state index >= 15 is 0 Å². The third-order valence-corrected chi connectivity index (χ3v) is 4.37. The minimum Gasteiger partial charge on any atom is -0.259 e. The highest BCUT2D eigenvalue weighted by atomic mass is 35.5. The van der Waals surface area contributed by atoms with Crippen LogP contribution in [-0.4, -0.2) is 9.96 Å². The first kappa shape index (κ1) is 13.2. The minimum absolute atomic E-state index is 0.00374. The van der Waals surface area contributed by atoms with E-state index in [9.17, 15) is 4.21 Å². The standard InChI is InChI=1S/C12H14ClNOS/c1-10(16(15)9-3-2-8-14)11-4-6-12(13)7-5-11/h4-7,10H,2-3,9H2,1H3. The second-order valence-corrected chi connectivity index (χ2v) is 5.85. The van der Waals surface area contributed by atoms with E-state index in [1.165, 1.54) is 0 Å². The lowest BCUT2D eigenvalue weighted by molar-refractivity contribution is 0.673. The molecule has 0 saturated carbocycles. The van der Waals surface area contributed by atoms with Crippen molar-refractivity contribution < 1.29 is 4.21 Å². The molecule has 1 rings (SSSR count). The number of nitrogens with zero attached hydrogens (tertiary/aromatic N) is 1. The van der Waals surface area contributed by atoms with E-state index in [-0.39, 0.29) is 5.25 Å². The number of nitriles is 1. The molecule has 16 heavy (non-hydrogen) atoms. The number of halogens is 1. The Kier molecular flexibility index (Phi) is 5.51. The fourth-order valence-electron chi connectivity index (χ4n) is 1.36. The molecule has 1 aromatic rings. The van der Waals surface area contributed by atoms with Crippen molar-refractivity contribution in [3.63, 3.8) is 0 Å². The van der Waals surface area contributed by atoms with Crippen molar-refractivity contribution in [1.29, 1.82) is 5.26 Å². The van der Waals surface area contributed by atoms with Gasteiger partial charge >= 0.3 is 0 Å². The van der Waals surface area contributed by atoms with Gasteiger partial charge in [0.1, 0.15) is 0 Å². The molecule has 0 aliphatic carbocycles. The molecule has 0 heterocycles. The van der Waals surface area contributed by atoms with Gasteiger partial charge in [0.15, 0.2) is 0 Å². The maximum Gasteiger partial charge on any atom is 0.0622 e. The SMILES string of the molecule is CC(c1ccc(Cl)cc1)S(=O)CCCC#N. The molecule has 0 saturated heterocycles. The summed E-state index contributed by atoms with van der Waals surface area (Å²) in [7, 11) is -0.918. The Morgan fingerprint density at radius 1 is 1.44 bits per heavy atom. The van der Waals surface area contributed by atoms with Gasteiger partial charge in [-0.05, 0) is 31.0 Å². The number of hydrogen-bond donors (Lipinski definition) is 0. The first-order chi connectivity index (χ1) is 7.65. The molecule has 0 fully saturated rings. The van der Waals surface area contributed by atoms with Gasteiger partial charge in [0.2, 0.25) is 0 Å². The smallest absolute Gasteiger partial charge is 0.0622 e. The second-order valence-electron chi connectivity index (χ2n) is 3.54. The van der Waals surface area contributed by atoms with E-state index in [4.69, 9.17) is 16.9 Å². The van der Waals surface area contributed by atoms with Crippen LogP contribution in [0.3, 0.4) is 0 Å². The van der Waals surface area contributed by atoms with Crippen molar-refractivity contribution in [3.05, 3.63) is 34.9 Å². The highest BCUT2D eigenvalue weighted by Crippen LogP contribution is 2.21. The first-order valence-corrected chi connectivity index (χ1v) is 6.90. The Morgan fingerprint density at radius 3 is 2.62 bits per heavy atom. The van der Waals surface area contributed by atoms with Crippen molar-refractivity contribution in [2.75, 3.05) is 5.75 Å². The van der Waals surface area contributed by atoms with E-state index in [1.54, 1.807) is 12.1 Å². The third kappa shape index (κ3) is 3.96. The zero-order chi connectivity index (χ0) is 12.0. The van der Waals surface area contributed by atoms with Crippen LogP contribution in [0.4, 0.5) is 0 Å². The fraction of sp³-hybridized carbons (Fsp3) is 0.417. The molecule has 1 aromatic carbocycles. The van der Waals surface area contributed by atoms with Gasteiger partial charge in [-0.25, -0.2) is 0 Å². The summed E-state index contributed by atoms with van der Waals surface area (Å²) in [5, 5.41) is 9.08. The quantitative estimate of drug-likeness (QED) is 0.756. The zero-order valence-electron chi connectivity index (χ0n) is 9.15. The molecular formula is C12H14ClNOS. The average molecular weight is 256 g/mol. The molecular weight excluding hydrogens is 242 g/mol. The highest BCUT2D eigenvalue weighted by Gasteiger charge is 2.12. The Labute approximate surface area is 104 Å². The van der Waals surface area contributed by atoms with E-state index in [2.05, 4.69) is 6.07 Å². The molecule has 0 aromatic heterocycles. The maximum absolute atomic E-state index is 11.9. The predicted molar refractivity (Wildman–Crippen MR) is 67.7 cm³/mol. The van der Waals surface area contributed by atoms with Crippen LogP contribution in [0.5, 0.6) is 0 Å². The summed E-state index contributed by atoms with van der Waals surface area (Å²) >= 11 is 5.79. The summed E-state index contributed by atoms with van der Waals surface area (Å²) in [5.74, 6) is 0.581. The largest absolute Gasteiger partial charge is 0.259 e. The summed E-state index contributed by atoms with van der Waals surface area (Å²) < 4.78 is 11.9. The van der Waals surface area contributed by atoms with Gasteiger partial charge in [-0.15, -0.1) is 0 Å². The number of unbranched alkanes of at least 4 members (excludes halogenated alkanes) is 1. The van der Waals surface area contributed by atoms with Gasteiger partial charge in [-0.3, -0.25) is 4.21 Å². The van der Waals surface area contributed by atoms with Gasteiger partial charge in [0, 0.05) is 28.0 Å². The summed E-state index contributed by atoms with van der Waals surface area (Å²) in [6.45, 7) is 1.94. The lowest BCUT2D eigenvalue weighted by atomic mass is 10.2. The Balaban J connectivity index is 2.57. The van der Waals surface area contributed by atoms with E-state index < -0.39 is 10.8 Å². The molecule has 2 nitrogen and oxygen atoms in total. The van der Waals surface area contributed by atoms with Crippen LogP contribution in [0.2, 0.25) is 5.02 Å². The summed E-state index contributed by atoms with van der Waals surface area (Å²) in [6, 6.07) is 9.46. The van der Waals surface area contributed by atoms with Crippen LogP contribution in [0.15, 0.2) is 24.3 Å². The highest BCUT2D eigenvalue weighted by molar-refractivity contribution is 7.85. The maximum atomic E-state index is 11.9. The van der Waals surface area contributed by atoms with Crippen molar-refractivity contribution in [1.82, 2.24) is 0 Å². The summed E-state index contributed by atoms with van der Waals surface area (Å²) in [5.41, 5.74) is 1.03. The number of rotatable bonds is 5. The number of hydrogen-bond acceptors (Lipinski definition) is 2. The third-order valence-electron chi connectivity index (χ3n) is 2.37. The molecule has 86 valence electrons. The summed E-state index contributed by atoms with van der Waals surface area (Å²) in [4.78, 5) is 0. The van der Waals surface area contributed by atoms with Crippen LogP contribution < -0.4 is 0 Å². The van der Waals surface area contributed by atoms with Gasteiger partial charge in [-0.2, -0.15) is 5.26 Å². The van der Waals surface area contributed by atoms with Crippen LogP contribution in [0.1, 0.15) is 30.6 Å². The van der Waals surface area contributed by atoms with E-state index in [1.807, 2.05) is 19.1 Å². The summed E-state index contributed by atoms with van der Waals surface area (Å²) in [6.07, 6.45) is 1.17. The average Bonchev–Trinajstić information content (AvgIpc) is 2.29. The lowest BCUT2D eigenvalue weighted by Gasteiger charge is -2.11. The van der Waals surface area contributed by atoms with Crippen molar-refractivity contribution >= 4 is 22.4 Å². The van der Waals surface area contributed by atoms with Crippen LogP contribution in [0.25, 0.3) is 0 Å². The Hall–Kier alpha value is -0.850. The van der Waals surface area contributed by atoms with Crippen molar-refractivity contribution in [3.8, 4) is 6.07 Å². The van der Waals surface area contributed by atoms with Gasteiger partial charge in [0.25, 0.3) is 0 Å². The molecule has 2 unspecified atom stereocenters. The molecule has 2 atom stereocenters. The molecule has 0 bridgehead atoms. The number of benzene rings is 1. The topological polar surface area (TPSA) is 40.9 Å².